The molecule has 0 aromatic carbocycles. The number of nitrogens with one attached hydrogen (secondary N) is 3. The summed E-state index contributed by atoms with van der Waals surface area (Å²) in [5.74, 6) is -2.10. The summed E-state index contributed by atoms with van der Waals surface area (Å²) in [4.78, 5) is 58.6. The van der Waals surface area contributed by atoms with Gasteiger partial charge in [-0.25, -0.2) is 9.59 Å². The summed E-state index contributed by atoms with van der Waals surface area (Å²) in [6, 6.07) is -1.40. The Morgan fingerprint density at radius 3 is 2.38 bits per heavy atom. The van der Waals surface area contributed by atoms with Crippen LogP contribution in [0.3, 0.4) is 0 Å². The highest BCUT2D eigenvalue weighted by atomic mass is 16.5. The lowest BCUT2D eigenvalue weighted by atomic mass is 10.1. The number of esters is 1. The van der Waals surface area contributed by atoms with E-state index in [1.165, 1.54) is 13.8 Å². The summed E-state index contributed by atoms with van der Waals surface area (Å²) in [7, 11) is 0. The second kappa shape index (κ2) is 7.75. The molecule has 1 rings (SSSR count). The van der Waals surface area contributed by atoms with Crippen LogP contribution in [0.5, 0.6) is 0 Å². The van der Waals surface area contributed by atoms with Gasteiger partial charge in [-0.1, -0.05) is 13.8 Å². The van der Waals surface area contributed by atoms with Crippen LogP contribution in [-0.2, 0) is 19.1 Å². The smallest absolute Gasteiger partial charge is 0.326 e. The molecule has 10 nitrogen and oxygen atoms in total. The van der Waals surface area contributed by atoms with Crippen LogP contribution in [0.15, 0.2) is 0 Å². The third-order valence-electron chi connectivity index (χ3n) is 3.02. The van der Waals surface area contributed by atoms with E-state index in [1.807, 2.05) is 19.2 Å². The first-order valence-electron chi connectivity index (χ1n) is 7.40. The SMILES string of the molecule is CC(C)CNC(=O)NC(=O)COC(=O)CN1C(=O)NC(C)(C)C1=O. The van der Waals surface area contributed by atoms with Crippen LogP contribution in [0.1, 0.15) is 27.7 Å². The van der Waals surface area contributed by atoms with Gasteiger partial charge in [-0.15, -0.1) is 0 Å². The van der Waals surface area contributed by atoms with Crippen molar-refractivity contribution in [1.82, 2.24) is 20.9 Å². The largest absolute Gasteiger partial charge is 0.454 e. The van der Waals surface area contributed by atoms with E-state index in [1.54, 1.807) is 0 Å². The molecule has 0 bridgehead atoms. The minimum absolute atomic E-state index is 0.220. The third-order valence-corrected chi connectivity index (χ3v) is 3.02. The highest BCUT2D eigenvalue weighted by Gasteiger charge is 2.45. The van der Waals surface area contributed by atoms with Crippen molar-refractivity contribution < 1.29 is 28.7 Å². The van der Waals surface area contributed by atoms with Gasteiger partial charge in [-0.05, 0) is 19.8 Å². The fraction of sp³-hybridized carbons (Fsp3) is 0.643. The number of urea groups is 2. The third kappa shape index (κ3) is 5.52. The zero-order valence-corrected chi connectivity index (χ0v) is 14.1. The Labute approximate surface area is 139 Å². The second-order valence-electron chi connectivity index (χ2n) is 6.26. The molecule has 10 heteroatoms. The molecule has 0 aromatic rings. The second-order valence-corrected chi connectivity index (χ2v) is 6.26. The lowest BCUT2D eigenvalue weighted by Crippen LogP contribution is -2.43. The van der Waals surface area contributed by atoms with Crippen molar-refractivity contribution in [3.8, 4) is 0 Å². The Balaban J connectivity index is 2.36. The number of amides is 6. The lowest BCUT2D eigenvalue weighted by Gasteiger charge is -2.15. The quantitative estimate of drug-likeness (QED) is 0.433. The monoisotopic (exact) mass is 342 g/mol. The van der Waals surface area contributed by atoms with Gasteiger partial charge in [0.15, 0.2) is 6.61 Å². The van der Waals surface area contributed by atoms with E-state index in [0.29, 0.717) is 11.4 Å². The van der Waals surface area contributed by atoms with Gasteiger partial charge in [-0.2, -0.15) is 0 Å². The van der Waals surface area contributed by atoms with Crippen molar-refractivity contribution in [1.29, 1.82) is 0 Å². The topological polar surface area (TPSA) is 134 Å². The number of rotatable bonds is 6. The van der Waals surface area contributed by atoms with Gasteiger partial charge in [0.05, 0.1) is 0 Å². The summed E-state index contributed by atoms with van der Waals surface area (Å²) >= 11 is 0. The maximum atomic E-state index is 11.9. The van der Waals surface area contributed by atoms with E-state index < -0.39 is 48.5 Å². The highest BCUT2D eigenvalue weighted by Crippen LogP contribution is 2.16. The summed E-state index contributed by atoms with van der Waals surface area (Å²) in [6.07, 6.45) is 0. The predicted molar refractivity (Wildman–Crippen MR) is 81.7 cm³/mol. The number of nitrogens with zero attached hydrogens (tertiary/aromatic N) is 1. The highest BCUT2D eigenvalue weighted by molar-refractivity contribution is 6.08. The molecule has 0 aromatic heterocycles. The summed E-state index contributed by atoms with van der Waals surface area (Å²) in [5.41, 5.74) is -1.09. The number of ether oxygens (including phenoxy) is 1. The van der Waals surface area contributed by atoms with Crippen LogP contribution in [0, 0.1) is 5.92 Å². The van der Waals surface area contributed by atoms with Crippen molar-refractivity contribution in [3.05, 3.63) is 0 Å². The van der Waals surface area contributed by atoms with E-state index in [4.69, 9.17) is 0 Å². The summed E-state index contributed by atoms with van der Waals surface area (Å²) in [5, 5.41) is 6.86. The zero-order valence-electron chi connectivity index (χ0n) is 14.1. The molecular formula is C14H22N4O6. The van der Waals surface area contributed by atoms with E-state index in [-0.39, 0.29) is 5.92 Å². The van der Waals surface area contributed by atoms with Gasteiger partial charge >= 0.3 is 18.0 Å². The molecule has 0 saturated carbocycles. The van der Waals surface area contributed by atoms with Crippen LogP contribution in [0.2, 0.25) is 0 Å². The lowest BCUT2D eigenvalue weighted by molar-refractivity contribution is -0.150. The van der Waals surface area contributed by atoms with Crippen LogP contribution >= 0.6 is 0 Å². The number of hydrogen-bond donors (Lipinski definition) is 3. The standard InChI is InChI=1S/C14H22N4O6/c1-8(2)5-15-12(22)16-9(19)7-24-10(20)6-18-11(21)14(3,4)17-13(18)23/h8H,5-7H2,1-4H3,(H,17,23)(H2,15,16,19,22). The van der Waals surface area contributed by atoms with Gasteiger partial charge < -0.3 is 15.4 Å². The molecule has 1 aliphatic heterocycles. The average Bonchev–Trinajstić information content (AvgIpc) is 2.65. The molecule has 134 valence electrons. The average molecular weight is 342 g/mol. The molecule has 1 aliphatic rings. The Kier molecular flexibility index (Phi) is 6.27. The van der Waals surface area contributed by atoms with Crippen molar-refractivity contribution in [2.24, 2.45) is 5.92 Å². The van der Waals surface area contributed by atoms with Gasteiger partial charge in [0.25, 0.3) is 11.8 Å². The molecule has 1 saturated heterocycles. The van der Waals surface area contributed by atoms with Gasteiger partial charge in [-0.3, -0.25) is 24.6 Å². The Morgan fingerprint density at radius 2 is 1.88 bits per heavy atom. The van der Waals surface area contributed by atoms with Gasteiger partial charge in [0.1, 0.15) is 12.1 Å². The Morgan fingerprint density at radius 1 is 1.25 bits per heavy atom. The number of hydrogen-bond acceptors (Lipinski definition) is 6. The van der Waals surface area contributed by atoms with E-state index in [9.17, 15) is 24.0 Å². The van der Waals surface area contributed by atoms with Crippen LogP contribution in [-0.4, -0.2) is 60.0 Å². The first-order valence-corrected chi connectivity index (χ1v) is 7.40. The van der Waals surface area contributed by atoms with E-state index in [2.05, 4.69) is 15.4 Å². The van der Waals surface area contributed by atoms with Crippen molar-refractivity contribution in [3.63, 3.8) is 0 Å². The number of imide groups is 2. The molecule has 24 heavy (non-hydrogen) atoms. The number of carbonyl (C=O) groups is 5. The van der Waals surface area contributed by atoms with Crippen LogP contribution < -0.4 is 16.0 Å². The van der Waals surface area contributed by atoms with Crippen LogP contribution in [0.4, 0.5) is 9.59 Å². The molecule has 0 spiro atoms. The molecule has 0 atom stereocenters. The minimum atomic E-state index is -1.09. The van der Waals surface area contributed by atoms with Crippen molar-refractivity contribution in [2.75, 3.05) is 19.7 Å². The molecule has 1 fully saturated rings. The Hall–Kier alpha value is -2.65. The van der Waals surface area contributed by atoms with Gasteiger partial charge in [0.2, 0.25) is 0 Å². The Bertz CT molecular complexity index is 557. The number of carbonyl (C=O) groups excluding carboxylic acids is 5. The maximum Gasteiger partial charge on any atom is 0.326 e. The summed E-state index contributed by atoms with van der Waals surface area (Å²) in [6.45, 7) is 5.87. The molecule has 0 aliphatic carbocycles. The van der Waals surface area contributed by atoms with Crippen molar-refractivity contribution >= 4 is 29.8 Å². The summed E-state index contributed by atoms with van der Waals surface area (Å²) < 4.78 is 4.65. The zero-order chi connectivity index (χ0) is 18.5. The fourth-order valence-electron chi connectivity index (χ4n) is 1.79. The first kappa shape index (κ1) is 19.4. The fourth-order valence-corrected chi connectivity index (χ4v) is 1.79. The molecule has 3 N–H and O–H groups in total. The molecule has 0 radical (unpaired) electrons. The normalized spacial score (nSPS) is 16.0. The van der Waals surface area contributed by atoms with Crippen molar-refractivity contribution in [2.45, 2.75) is 33.2 Å². The maximum absolute atomic E-state index is 11.9. The predicted octanol–water partition coefficient (Wildman–Crippen LogP) is -0.658. The van der Waals surface area contributed by atoms with E-state index in [0.717, 1.165) is 0 Å². The molecule has 0 unspecified atom stereocenters. The molecular weight excluding hydrogens is 320 g/mol. The van der Waals surface area contributed by atoms with Gasteiger partial charge in [0, 0.05) is 6.54 Å². The first-order chi connectivity index (χ1) is 11.0. The molecule has 1 heterocycles. The van der Waals surface area contributed by atoms with Crippen LogP contribution in [0.25, 0.3) is 0 Å². The molecule has 6 amide bonds. The minimum Gasteiger partial charge on any atom is -0.454 e. The van der Waals surface area contributed by atoms with E-state index >= 15 is 0 Å².